The SMILES string of the molecule is C=C(N)/N=C(\C=C(C)C)Nc1ccc(C)c(Cl)c1. The van der Waals surface area contributed by atoms with Gasteiger partial charge in [-0.05, 0) is 44.5 Å². The molecule has 1 rings (SSSR count). The van der Waals surface area contributed by atoms with E-state index < -0.39 is 0 Å². The fraction of sp³-hybridized carbons (Fsp3) is 0.214. The fourth-order valence-corrected chi connectivity index (χ4v) is 1.52. The van der Waals surface area contributed by atoms with Crippen LogP contribution in [0.15, 0.2) is 47.2 Å². The molecule has 0 aliphatic heterocycles. The van der Waals surface area contributed by atoms with Gasteiger partial charge in [0.25, 0.3) is 0 Å². The summed E-state index contributed by atoms with van der Waals surface area (Å²) in [7, 11) is 0. The number of benzene rings is 1. The number of hydrogen-bond acceptors (Lipinski definition) is 2. The van der Waals surface area contributed by atoms with E-state index in [9.17, 15) is 0 Å². The largest absolute Gasteiger partial charge is 0.384 e. The van der Waals surface area contributed by atoms with Gasteiger partial charge in [0.15, 0.2) is 0 Å². The number of rotatable bonds is 3. The third kappa shape index (κ3) is 4.63. The van der Waals surface area contributed by atoms with E-state index in [0.717, 1.165) is 16.8 Å². The van der Waals surface area contributed by atoms with Crippen molar-refractivity contribution in [1.29, 1.82) is 0 Å². The van der Waals surface area contributed by atoms with E-state index >= 15 is 0 Å². The summed E-state index contributed by atoms with van der Waals surface area (Å²) in [6.45, 7) is 9.50. The van der Waals surface area contributed by atoms with Gasteiger partial charge in [0.1, 0.15) is 11.7 Å². The Kier molecular flexibility index (Phi) is 4.98. The van der Waals surface area contributed by atoms with Gasteiger partial charge in [-0.2, -0.15) is 0 Å². The Morgan fingerprint density at radius 1 is 1.44 bits per heavy atom. The second-order valence-corrected chi connectivity index (χ2v) is 4.71. The van der Waals surface area contributed by atoms with E-state index in [1.54, 1.807) is 0 Å². The van der Waals surface area contributed by atoms with Crippen LogP contribution >= 0.6 is 11.6 Å². The third-order valence-corrected chi connectivity index (χ3v) is 2.54. The topological polar surface area (TPSA) is 50.4 Å². The third-order valence-electron chi connectivity index (χ3n) is 2.13. The van der Waals surface area contributed by atoms with Crippen molar-refractivity contribution in [3.05, 3.63) is 52.8 Å². The van der Waals surface area contributed by atoms with Gasteiger partial charge in [0.2, 0.25) is 0 Å². The molecule has 18 heavy (non-hydrogen) atoms. The number of nitrogens with zero attached hydrogens (tertiary/aromatic N) is 1. The molecule has 1 aromatic rings. The van der Waals surface area contributed by atoms with Gasteiger partial charge in [0, 0.05) is 10.7 Å². The highest BCUT2D eigenvalue weighted by atomic mass is 35.5. The normalized spacial score (nSPS) is 11.0. The molecule has 0 fully saturated rings. The molecule has 3 nitrogen and oxygen atoms in total. The van der Waals surface area contributed by atoms with Crippen LogP contribution in [0.2, 0.25) is 5.02 Å². The van der Waals surface area contributed by atoms with Gasteiger partial charge >= 0.3 is 0 Å². The van der Waals surface area contributed by atoms with E-state index in [-0.39, 0.29) is 5.82 Å². The van der Waals surface area contributed by atoms with Crippen LogP contribution in [0.3, 0.4) is 0 Å². The molecule has 0 unspecified atom stereocenters. The Bertz CT molecular complexity index is 512. The van der Waals surface area contributed by atoms with Crippen molar-refractivity contribution in [3.8, 4) is 0 Å². The highest BCUT2D eigenvalue weighted by Crippen LogP contribution is 2.20. The average Bonchev–Trinajstić information content (AvgIpc) is 2.21. The summed E-state index contributed by atoms with van der Waals surface area (Å²) >= 11 is 6.07. The molecular formula is C14H18ClN3. The summed E-state index contributed by atoms with van der Waals surface area (Å²) in [6, 6.07) is 5.74. The first-order valence-corrected chi connectivity index (χ1v) is 5.97. The summed E-state index contributed by atoms with van der Waals surface area (Å²) in [6.07, 6.45) is 1.89. The van der Waals surface area contributed by atoms with Crippen molar-refractivity contribution in [3.63, 3.8) is 0 Å². The molecule has 0 atom stereocenters. The summed E-state index contributed by atoms with van der Waals surface area (Å²) in [4.78, 5) is 4.13. The van der Waals surface area contributed by atoms with E-state index in [1.165, 1.54) is 0 Å². The molecule has 0 heterocycles. The summed E-state index contributed by atoms with van der Waals surface area (Å²) in [5.41, 5.74) is 8.51. The molecule has 96 valence electrons. The molecule has 0 bridgehead atoms. The summed E-state index contributed by atoms with van der Waals surface area (Å²) < 4.78 is 0. The molecule has 1 aromatic carbocycles. The van der Waals surface area contributed by atoms with E-state index in [4.69, 9.17) is 17.3 Å². The Morgan fingerprint density at radius 3 is 2.61 bits per heavy atom. The monoisotopic (exact) mass is 263 g/mol. The quantitative estimate of drug-likeness (QED) is 0.643. The van der Waals surface area contributed by atoms with Crippen LogP contribution in [-0.2, 0) is 0 Å². The zero-order valence-corrected chi connectivity index (χ0v) is 11.7. The Labute approximate surface area is 113 Å². The van der Waals surface area contributed by atoms with Crippen LogP contribution in [0.4, 0.5) is 5.69 Å². The van der Waals surface area contributed by atoms with Crippen LogP contribution < -0.4 is 11.1 Å². The molecule has 0 saturated heterocycles. The lowest BCUT2D eigenvalue weighted by atomic mass is 10.2. The summed E-state index contributed by atoms with van der Waals surface area (Å²) in [5, 5.41) is 3.87. The molecule has 0 aliphatic rings. The minimum Gasteiger partial charge on any atom is -0.384 e. The van der Waals surface area contributed by atoms with Crippen molar-refractivity contribution >= 4 is 23.1 Å². The molecule has 0 amide bonds. The molecular weight excluding hydrogens is 246 g/mol. The predicted octanol–water partition coefficient (Wildman–Crippen LogP) is 3.85. The molecule has 4 heteroatoms. The first kappa shape index (κ1) is 14.3. The predicted molar refractivity (Wildman–Crippen MR) is 80.0 cm³/mol. The van der Waals surface area contributed by atoms with Crippen LogP contribution in [0.25, 0.3) is 0 Å². The molecule has 0 aliphatic carbocycles. The number of allylic oxidation sites excluding steroid dienone is 1. The smallest absolute Gasteiger partial charge is 0.132 e. The Morgan fingerprint density at radius 2 is 2.11 bits per heavy atom. The lowest BCUT2D eigenvalue weighted by Gasteiger charge is -2.08. The highest BCUT2D eigenvalue weighted by molar-refractivity contribution is 6.31. The van der Waals surface area contributed by atoms with Crippen LogP contribution in [-0.4, -0.2) is 5.84 Å². The van der Waals surface area contributed by atoms with E-state index in [1.807, 2.05) is 45.0 Å². The number of nitrogens with one attached hydrogen (secondary N) is 1. The minimum absolute atomic E-state index is 0.258. The van der Waals surface area contributed by atoms with Crippen LogP contribution in [0, 0.1) is 6.92 Å². The molecule has 0 saturated carbocycles. The van der Waals surface area contributed by atoms with Crippen LogP contribution in [0.1, 0.15) is 19.4 Å². The highest BCUT2D eigenvalue weighted by Gasteiger charge is 2.01. The van der Waals surface area contributed by atoms with Crippen molar-refractivity contribution in [2.24, 2.45) is 10.7 Å². The number of anilines is 1. The number of aryl methyl sites for hydroxylation is 1. The lowest BCUT2D eigenvalue weighted by molar-refractivity contribution is 1.25. The van der Waals surface area contributed by atoms with Gasteiger partial charge in [-0.25, -0.2) is 4.99 Å². The lowest BCUT2D eigenvalue weighted by Crippen LogP contribution is -2.11. The number of halogens is 1. The van der Waals surface area contributed by atoms with Gasteiger partial charge in [-0.1, -0.05) is 29.8 Å². The van der Waals surface area contributed by atoms with Crippen molar-refractivity contribution < 1.29 is 0 Å². The first-order chi connectivity index (χ1) is 8.38. The minimum atomic E-state index is 0.258. The second kappa shape index (κ2) is 6.26. The number of nitrogens with two attached hydrogens (primary N) is 1. The van der Waals surface area contributed by atoms with E-state index in [2.05, 4.69) is 16.9 Å². The summed E-state index contributed by atoms with van der Waals surface area (Å²) in [5.74, 6) is 0.899. The average molecular weight is 264 g/mol. The fourth-order valence-electron chi connectivity index (χ4n) is 1.34. The molecule has 3 N–H and O–H groups in total. The number of aliphatic imine (C=N–C) groups is 1. The van der Waals surface area contributed by atoms with Gasteiger partial charge in [0.05, 0.1) is 0 Å². The second-order valence-electron chi connectivity index (χ2n) is 4.30. The molecule has 0 radical (unpaired) electrons. The van der Waals surface area contributed by atoms with Crippen molar-refractivity contribution in [2.45, 2.75) is 20.8 Å². The Balaban J connectivity index is 3.00. The van der Waals surface area contributed by atoms with Crippen LogP contribution in [0.5, 0.6) is 0 Å². The number of hydrogen-bond donors (Lipinski definition) is 2. The van der Waals surface area contributed by atoms with Gasteiger partial charge < -0.3 is 11.1 Å². The maximum Gasteiger partial charge on any atom is 0.132 e. The number of amidine groups is 1. The molecule has 0 aromatic heterocycles. The van der Waals surface area contributed by atoms with Crippen molar-refractivity contribution in [1.82, 2.24) is 0 Å². The molecule has 0 spiro atoms. The maximum absolute atomic E-state index is 6.07. The Hall–Kier alpha value is -1.74. The van der Waals surface area contributed by atoms with Gasteiger partial charge in [-0.15, -0.1) is 0 Å². The maximum atomic E-state index is 6.07. The first-order valence-electron chi connectivity index (χ1n) is 5.59. The van der Waals surface area contributed by atoms with Crippen molar-refractivity contribution in [2.75, 3.05) is 5.32 Å². The van der Waals surface area contributed by atoms with Gasteiger partial charge in [-0.3, -0.25) is 0 Å². The standard InChI is InChI=1S/C14H18ClN3/c1-9(2)7-14(17-11(4)16)18-12-6-5-10(3)13(15)8-12/h5-8H,4,16H2,1-3H3,(H,17,18). The zero-order chi connectivity index (χ0) is 13.7. The zero-order valence-electron chi connectivity index (χ0n) is 10.9. The van der Waals surface area contributed by atoms with E-state index in [0.29, 0.717) is 10.9 Å².